The summed E-state index contributed by atoms with van der Waals surface area (Å²) in [6, 6.07) is 10.1. The Morgan fingerprint density at radius 2 is 1.90 bits per heavy atom. The first kappa shape index (κ1) is 14.3. The Labute approximate surface area is 119 Å². The van der Waals surface area contributed by atoms with Gasteiger partial charge in [0.25, 0.3) is 0 Å². The molecule has 0 spiro atoms. The van der Waals surface area contributed by atoms with E-state index in [9.17, 15) is 4.79 Å². The number of hydrogen-bond acceptors (Lipinski definition) is 2. The molecule has 0 radical (unpaired) electrons. The molecule has 2 rings (SSSR count). The summed E-state index contributed by atoms with van der Waals surface area (Å²) >= 11 is 0. The van der Waals surface area contributed by atoms with Crippen molar-refractivity contribution in [3.05, 3.63) is 47.7 Å². The maximum Gasteiger partial charge on any atom is 0.229 e. The third-order valence-corrected chi connectivity index (χ3v) is 3.19. The predicted molar refractivity (Wildman–Crippen MR) is 80.6 cm³/mol. The Kier molecular flexibility index (Phi) is 4.93. The van der Waals surface area contributed by atoms with Gasteiger partial charge in [0.1, 0.15) is 0 Å². The highest BCUT2D eigenvalue weighted by molar-refractivity contribution is 5.91. The number of carbonyl (C=O) groups is 1. The molecule has 20 heavy (non-hydrogen) atoms. The number of nitrogens with zero attached hydrogens (tertiary/aromatic N) is 2. The third-order valence-electron chi connectivity index (χ3n) is 3.19. The van der Waals surface area contributed by atoms with Crippen molar-refractivity contribution in [1.29, 1.82) is 0 Å². The van der Waals surface area contributed by atoms with Gasteiger partial charge in [-0.15, -0.1) is 0 Å². The molecule has 1 aromatic heterocycles. The molecule has 0 fully saturated rings. The van der Waals surface area contributed by atoms with E-state index in [-0.39, 0.29) is 5.91 Å². The van der Waals surface area contributed by atoms with Gasteiger partial charge < -0.3 is 5.32 Å². The molecule has 106 valence electrons. The number of aromatic nitrogens is 2. The van der Waals surface area contributed by atoms with Crippen LogP contribution < -0.4 is 5.32 Å². The molecular weight excluding hydrogens is 250 g/mol. The van der Waals surface area contributed by atoms with Crippen molar-refractivity contribution in [2.75, 3.05) is 5.32 Å². The second-order valence-electron chi connectivity index (χ2n) is 5.02. The zero-order valence-electron chi connectivity index (χ0n) is 12.1. The highest BCUT2D eigenvalue weighted by Gasteiger charge is 2.05. The predicted octanol–water partition coefficient (Wildman–Crippen LogP) is 2.94. The van der Waals surface area contributed by atoms with Crippen LogP contribution in [0.25, 0.3) is 0 Å². The van der Waals surface area contributed by atoms with Crippen LogP contribution in [-0.2, 0) is 24.7 Å². The molecular formula is C16H21N3O. The van der Waals surface area contributed by atoms with Crippen LogP contribution in [0, 0.1) is 0 Å². The fraction of sp³-hybridized carbons (Fsp3) is 0.375. The third kappa shape index (κ3) is 4.23. The van der Waals surface area contributed by atoms with Gasteiger partial charge in [-0.2, -0.15) is 5.10 Å². The van der Waals surface area contributed by atoms with Crippen LogP contribution in [0.2, 0.25) is 0 Å². The van der Waals surface area contributed by atoms with Crippen LogP contribution in [-0.4, -0.2) is 15.7 Å². The van der Waals surface area contributed by atoms with E-state index in [1.807, 2.05) is 19.2 Å². The number of aryl methyl sites for hydroxylation is 2. The van der Waals surface area contributed by atoms with Gasteiger partial charge in [0, 0.05) is 19.3 Å². The maximum atomic E-state index is 11.9. The lowest BCUT2D eigenvalue weighted by atomic mass is 10.0. The molecule has 4 nitrogen and oxygen atoms in total. The van der Waals surface area contributed by atoms with Crippen LogP contribution in [0.15, 0.2) is 36.5 Å². The number of nitrogens with one attached hydrogen (secondary N) is 1. The van der Waals surface area contributed by atoms with E-state index in [2.05, 4.69) is 29.5 Å². The average molecular weight is 271 g/mol. The highest BCUT2D eigenvalue weighted by atomic mass is 16.1. The zero-order chi connectivity index (χ0) is 14.4. The van der Waals surface area contributed by atoms with E-state index in [0.717, 1.165) is 12.0 Å². The van der Waals surface area contributed by atoms with Gasteiger partial charge in [-0.1, -0.05) is 37.6 Å². The number of carbonyl (C=O) groups excluding carboxylic acids is 1. The van der Waals surface area contributed by atoms with E-state index in [1.165, 1.54) is 18.4 Å². The van der Waals surface area contributed by atoms with Crippen molar-refractivity contribution in [3.63, 3.8) is 0 Å². The molecule has 0 saturated carbocycles. The van der Waals surface area contributed by atoms with Crippen LogP contribution in [0.4, 0.5) is 5.82 Å². The van der Waals surface area contributed by atoms with Crippen molar-refractivity contribution in [2.45, 2.75) is 32.6 Å². The number of anilines is 1. The molecule has 0 aliphatic carbocycles. The van der Waals surface area contributed by atoms with Crippen LogP contribution in [0.3, 0.4) is 0 Å². The molecule has 0 aliphatic heterocycles. The molecule has 0 saturated heterocycles. The van der Waals surface area contributed by atoms with Crippen LogP contribution >= 0.6 is 0 Å². The smallest absolute Gasteiger partial charge is 0.229 e. The number of unbranched alkanes of at least 4 members (excludes halogenated alkanes) is 1. The van der Waals surface area contributed by atoms with Gasteiger partial charge >= 0.3 is 0 Å². The quantitative estimate of drug-likeness (QED) is 0.878. The molecule has 2 aromatic rings. The maximum absolute atomic E-state index is 11.9. The number of hydrogen-bond donors (Lipinski definition) is 1. The molecule has 0 bridgehead atoms. The Hall–Kier alpha value is -2.10. The Bertz CT molecular complexity index is 557. The lowest BCUT2D eigenvalue weighted by Gasteiger charge is -2.04. The molecule has 0 aliphatic rings. The van der Waals surface area contributed by atoms with Gasteiger partial charge in [0.2, 0.25) is 5.91 Å². The molecule has 0 atom stereocenters. The van der Waals surface area contributed by atoms with Gasteiger partial charge in [-0.3, -0.25) is 9.48 Å². The standard InChI is InChI=1S/C16H21N3O/c1-3-4-5-13-6-8-14(9-7-13)12-16(20)17-15-10-11-19(2)18-15/h6-11H,3-5,12H2,1-2H3,(H,17,18,20). The molecule has 1 amide bonds. The summed E-state index contributed by atoms with van der Waals surface area (Å²) in [5.74, 6) is 0.557. The summed E-state index contributed by atoms with van der Waals surface area (Å²) in [5.41, 5.74) is 2.36. The molecule has 1 N–H and O–H groups in total. The van der Waals surface area contributed by atoms with Crippen LogP contribution in [0.1, 0.15) is 30.9 Å². The number of benzene rings is 1. The number of amides is 1. The monoisotopic (exact) mass is 271 g/mol. The first-order chi connectivity index (χ1) is 9.67. The van der Waals surface area contributed by atoms with E-state index in [0.29, 0.717) is 12.2 Å². The van der Waals surface area contributed by atoms with Crippen molar-refractivity contribution in [1.82, 2.24) is 9.78 Å². The second-order valence-corrected chi connectivity index (χ2v) is 5.02. The Morgan fingerprint density at radius 1 is 1.20 bits per heavy atom. The largest absolute Gasteiger partial charge is 0.309 e. The fourth-order valence-electron chi connectivity index (χ4n) is 2.06. The van der Waals surface area contributed by atoms with Crippen molar-refractivity contribution in [3.8, 4) is 0 Å². The second kappa shape index (κ2) is 6.89. The van der Waals surface area contributed by atoms with Gasteiger partial charge in [-0.25, -0.2) is 0 Å². The van der Waals surface area contributed by atoms with E-state index in [1.54, 1.807) is 16.9 Å². The normalized spacial score (nSPS) is 10.5. The van der Waals surface area contributed by atoms with Crippen molar-refractivity contribution >= 4 is 11.7 Å². The van der Waals surface area contributed by atoms with E-state index >= 15 is 0 Å². The van der Waals surface area contributed by atoms with Gasteiger partial charge in [0.05, 0.1) is 6.42 Å². The minimum atomic E-state index is -0.0370. The minimum absolute atomic E-state index is 0.0370. The van der Waals surface area contributed by atoms with Crippen molar-refractivity contribution < 1.29 is 4.79 Å². The highest BCUT2D eigenvalue weighted by Crippen LogP contribution is 2.09. The van der Waals surface area contributed by atoms with Gasteiger partial charge in [0.15, 0.2) is 5.82 Å². The summed E-state index contributed by atoms with van der Waals surface area (Å²) in [5, 5.41) is 6.91. The molecule has 0 unspecified atom stereocenters. The van der Waals surface area contributed by atoms with Crippen LogP contribution in [0.5, 0.6) is 0 Å². The van der Waals surface area contributed by atoms with E-state index in [4.69, 9.17) is 0 Å². The molecule has 1 heterocycles. The first-order valence-corrected chi connectivity index (χ1v) is 7.04. The molecule has 4 heteroatoms. The average Bonchev–Trinajstić information content (AvgIpc) is 2.83. The summed E-state index contributed by atoms with van der Waals surface area (Å²) in [6.45, 7) is 2.19. The zero-order valence-corrected chi connectivity index (χ0v) is 12.1. The summed E-state index contributed by atoms with van der Waals surface area (Å²) in [4.78, 5) is 11.9. The van der Waals surface area contributed by atoms with Gasteiger partial charge in [-0.05, 0) is 24.0 Å². The Morgan fingerprint density at radius 3 is 2.50 bits per heavy atom. The SMILES string of the molecule is CCCCc1ccc(CC(=O)Nc2ccn(C)n2)cc1. The number of rotatable bonds is 6. The lowest BCUT2D eigenvalue weighted by molar-refractivity contribution is -0.115. The fourth-order valence-corrected chi connectivity index (χ4v) is 2.06. The minimum Gasteiger partial charge on any atom is -0.309 e. The van der Waals surface area contributed by atoms with Crippen molar-refractivity contribution in [2.24, 2.45) is 7.05 Å². The molecule has 1 aromatic carbocycles. The lowest BCUT2D eigenvalue weighted by Crippen LogP contribution is -2.14. The summed E-state index contributed by atoms with van der Waals surface area (Å²) < 4.78 is 1.66. The summed E-state index contributed by atoms with van der Waals surface area (Å²) in [6.07, 6.45) is 5.70. The van der Waals surface area contributed by atoms with E-state index < -0.39 is 0 Å². The summed E-state index contributed by atoms with van der Waals surface area (Å²) in [7, 11) is 1.82. The first-order valence-electron chi connectivity index (χ1n) is 7.04. The topological polar surface area (TPSA) is 46.9 Å². The Balaban J connectivity index is 1.87.